The number of ketones is 1. The summed E-state index contributed by atoms with van der Waals surface area (Å²) < 4.78 is 0.914. The van der Waals surface area contributed by atoms with Crippen LogP contribution in [0.2, 0.25) is 0 Å². The van der Waals surface area contributed by atoms with Crippen molar-refractivity contribution in [1.29, 1.82) is 0 Å². The molecule has 0 bridgehead atoms. The molecule has 0 saturated carbocycles. The summed E-state index contributed by atoms with van der Waals surface area (Å²) in [4.78, 5) is 32.7. The molecular formula is C27H22N2O4S. The number of carbonyl (C=O) groups is 2. The Morgan fingerprint density at radius 3 is 2.29 bits per heavy atom. The van der Waals surface area contributed by atoms with Crippen molar-refractivity contribution in [1.82, 2.24) is 4.98 Å². The van der Waals surface area contributed by atoms with E-state index in [1.165, 1.54) is 28.4 Å². The first-order valence-electron chi connectivity index (χ1n) is 10.8. The molecule has 2 heterocycles. The Kier molecular flexibility index (Phi) is 5.21. The monoisotopic (exact) mass is 470 g/mol. The first-order valence-corrected chi connectivity index (χ1v) is 11.6. The number of carbonyl (C=O) groups excluding carboxylic acids is 2. The standard InChI is InChI=1S/C27H22N2O4S/c1-14-4-6-18(7-5-14)24(31)21-23(17-8-10-19(30)11-9-17)29(26(33)25(21)32)27-28-22-16(3)12-15(2)13-20(22)34-27/h4-13,23,30-31H,1-3H3. The highest BCUT2D eigenvalue weighted by molar-refractivity contribution is 7.22. The summed E-state index contributed by atoms with van der Waals surface area (Å²) in [5.41, 5.74) is 4.86. The van der Waals surface area contributed by atoms with Gasteiger partial charge in [0, 0.05) is 5.56 Å². The summed E-state index contributed by atoms with van der Waals surface area (Å²) in [5.74, 6) is -1.71. The molecule has 0 spiro atoms. The lowest BCUT2D eigenvalue weighted by molar-refractivity contribution is -0.132. The van der Waals surface area contributed by atoms with Gasteiger partial charge >= 0.3 is 5.91 Å². The minimum Gasteiger partial charge on any atom is -0.508 e. The molecule has 4 aromatic rings. The van der Waals surface area contributed by atoms with Gasteiger partial charge < -0.3 is 10.2 Å². The van der Waals surface area contributed by atoms with E-state index >= 15 is 0 Å². The summed E-state index contributed by atoms with van der Waals surface area (Å²) in [6.45, 7) is 5.88. The molecule has 2 N–H and O–H groups in total. The number of aliphatic hydroxyl groups excluding tert-OH is 1. The number of phenolic OH excluding ortho intramolecular Hbond substituents is 1. The van der Waals surface area contributed by atoms with Gasteiger partial charge in [-0.2, -0.15) is 0 Å². The van der Waals surface area contributed by atoms with E-state index in [4.69, 9.17) is 4.98 Å². The Morgan fingerprint density at radius 2 is 1.62 bits per heavy atom. The van der Waals surface area contributed by atoms with Crippen molar-refractivity contribution in [2.24, 2.45) is 0 Å². The van der Waals surface area contributed by atoms with Gasteiger partial charge in [0.25, 0.3) is 5.78 Å². The van der Waals surface area contributed by atoms with Gasteiger partial charge in [-0.1, -0.05) is 59.4 Å². The second-order valence-electron chi connectivity index (χ2n) is 8.55. The highest BCUT2D eigenvalue weighted by Gasteiger charge is 2.48. The third kappa shape index (κ3) is 3.54. The van der Waals surface area contributed by atoms with E-state index in [1.807, 2.05) is 45.0 Å². The molecular weight excluding hydrogens is 448 g/mol. The molecule has 1 atom stereocenters. The molecule has 0 aliphatic carbocycles. The number of aromatic hydroxyl groups is 1. The minimum atomic E-state index is -0.885. The molecule has 1 aliphatic heterocycles. The van der Waals surface area contributed by atoms with E-state index in [0.717, 1.165) is 26.9 Å². The molecule has 6 nitrogen and oxygen atoms in total. The lowest BCUT2D eigenvalue weighted by Gasteiger charge is -2.23. The summed E-state index contributed by atoms with van der Waals surface area (Å²) >= 11 is 1.33. The summed E-state index contributed by atoms with van der Waals surface area (Å²) in [7, 11) is 0. The van der Waals surface area contributed by atoms with Crippen molar-refractivity contribution >= 4 is 44.1 Å². The Bertz CT molecular complexity index is 1480. The smallest absolute Gasteiger partial charge is 0.301 e. The van der Waals surface area contributed by atoms with Gasteiger partial charge in [-0.3, -0.25) is 14.5 Å². The molecule has 34 heavy (non-hydrogen) atoms. The van der Waals surface area contributed by atoms with Gasteiger partial charge in [-0.05, 0) is 55.7 Å². The van der Waals surface area contributed by atoms with Crippen molar-refractivity contribution in [3.05, 3.63) is 94.1 Å². The summed E-state index contributed by atoms with van der Waals surface area (Å²) in [5, 5.41) is 21.4. The average Bonchev–Trinajstić information content (AvgIpc) is 3.33. The van der Waals surface area contributed by atoms with E-state index in [0.29, 0.717) is 16.3 Å². The number of hydrogen-bond acceptors (Lipinski definition) is 6. The van der Waals surface area contributed by atoms with Gasteiger partial charge in [0.2, 0.25) is 0 Å². The quantitative estimate of drug-likeness (QED) is 0.233. The topological polar surface area (TPSA) is 90.7 Å². The second-order valence-corrected chi connectivity index (χ2v) is 9.56. The van der Waals surface area contributed by atoms with E-state index < -0.39 is 17.7 Å². The molecule has 3 aromatic carbocycles. The zero-order chi connectivity index (χ0) is 24.1. The van der Waals surface area contributed by atoms with Crippen LogP contribution in [0.4, 0.5) is 5.13 Å². The van der Waals surface area contributed by atoms with Crippen LogP contribution >= 0.6 is 11.3 Å². The van der Waals surface area contributed by atoms with Gasteiger partial charge in [0.05, 0.1) is 21.8 Å². The van der Waals surface area contributed by atoms with Crippen molar-refractivity contribution in [3.63, 3.8) is 0 Å². The fourth-order valence-electron chi connectivity index (χ4n) is 4.33. The maximum atomic E-state index is 13.3. The van der Waals surface area contributed by atoms with Crippen molar-refractivity contribution in [3.8, 4) is 5.75 Å². The number of aliphatic hydroxyl groups is 1. The number of amides is 1. The molecule has 1 saturated heterocycles. The fourth-order valence-corrected chi connectivity index (χ4v) is 5.50. The molecule has 170 valence electrons. The van der Waals surface area contributed by atoms with Gasteiger partial charge in [0.1, 0.15) is 11.5 Å². The number of Topliss-reactive ketones (excluding diaryl/α,β-unsaturated/α-hetero) is 1. The van der Waals surface area contributed by atoms with E-state index in [2.05, 4.69) is 0 Å². The van der Waals surface area contributed by atoms with E-state index in [9.17, 15) is 19.8 Å². The molecule has 5 rings (SSSR count). The largest absolute Gasteiger partial charge is 0.508 e. The number of hydrogen-bond donors (Lipinski definition) is 2. The molecule has 0 radical (unpaired) electrons. The minimum absolute atomic E-state index is 0.00768. The summed E-state index contributed by atoms with van der Waals surface area (Å²) in [6, 6.07) is 16.5. The number of benzene rings is 3. The number of fused-ring (bicyclic) bond motifs is 1. The van der Waals surface area contributed by atoms with Crippen LogP contribution in [0.15, 0.2) is 66.2 Å². The normalized spacial score (nSPS) is 17.6. The Hall–Kier alpha value is -3.97. The highest BCUT2D eigenvalue weighted by atomic mass is 32.1. The Morgan fingerprint density at radius 1 is 0.941 bits per heavy atom. The zero-order valence-electron chi connectivity index (χ0n) is 18.9. The van der Waals surface area contributed by atoms with Crippen LogP contribution in [-0.4, -0.2) is 26.9 Å². The molecule has 7 heteroatoms. The Labute approximate surface area is 200 Å². The molecule has 1 aliphatic rings. The second kappa shape index (κ2) is 8.11. The van der Waals surface area contributed by atoms with Crippen molar-refractivity contribution < 1.29 is 19.8 Å². The lowest BCUT2D eigenvalue weighted by atomic mass is 9.95. The summed E-state index contributed by atoms with van der Waals surface area (Å²) in [6.07, 6.45) is 0. The third-order valence-electron chi connectivity index (χ3n) is 6.00. The molecule has 1 unspecified atom stereocenters. The van der Waals surface area contributed by atoms with E-state index in [-0.39, 0.29) is 17.1 Å². The SMILES string of the molecule is Cc1ccc(C(O)=C2C(=O)C(=O)N(c3nc4c(C)cc(C)cc4s3)C2c2ccc(O)cc2)cc1. The number of thiazole rings is 1. The van der Waals surface area contributed by atoms with E-state index in [1.54, 1.807) is 24.3 Å². The van der Waals surface area contributed by atoms with Crippen molar-refractivity contribution in [2.75, 3.05) is 4.90 Å². The number of aromatic nitrogens is 1. The van der Waals surface area contributed by atoms with Crippen LogP contribution in [-0.2, 0) is 9.59 Å². The third-order valence-corrected chi connectivity index (χ3v) is 7.00. The fraction of sp³-hybridized carbons (Fsp3) is 0.148. The number of rotatable bonds is 3. The predicted octanol–water partition coefficient (Wildman–Crippen LogP) is 5.55. The van der Waals surface area contributed by atoms with Gasteiger partial charge in [-0.15, -0.1) is 0 Å². The maximum absolute atomic E-state index is 13.3. The maximum Gasteiger partial charge on any atom is 0.301 e. The van der Waals surface area contributed by atoms with Crippen LogP contribution in [0, 0.1) is 20.8 Å². The van der Waals surface area contributed by atoms with Crippen LogP contribution in [0.25, 0.3) is 16.0 Å². The zero-order valence-corrected chi connectivity index (χ0v) is 19.7. The van der Waals surface area contributed by atoms with Crippen LogP contribution in [0.5, 0.6) is 5.75 Å². The molecule has 1 fully saturated rings. The number of anilines is 1. The van der Waals surface area contributed by atoms with Crippen LogP contribution < -0.4 is 4.90 Å². The number of phenols is 1. The highest BCUT2D eigenvalue weighted by Crippen LogP contribution is 2.45. The lowest BCUT2D eigenvalue weighted by Crippen LogP contribution is -2.29. The average molecular weight is 471 g/mol. The molecule has 1 aromatic heterocycles. The van der Waals surface area contributed by atoms with Crippen molar-refractivity contribution in [2.45, 2.75) is 26.8 Å². The number of aryl methyl sites for hydroxylation is 3. The van der Waals surface area contributed by atoms with Gasteiger partial charge in [0.15, 0.2) is 5.13 Å². The first-order chi connectivity index (χ1) is 16.2. The Balaban J connectivity index is 1.74. The first kappa shape index (κ1) is 21.9. The predicted molar refractivity (Wildman–Crippen MR) is 133 cm³/mol. The van der Waals surface area contributed by atoms with Crippen LogP contribution in [0.1, 0.15) is 33.9 Å². The molecule has 1 amide bonds. The van der Waals surface area contributed by atoms with Gasteiger partial charge in [-0.25, -0.2) is 4.98 Å². The number of nitrogens with zero attached hydrogens (tertiary/aromatic N) is 2. The van der Waals surface area contributed by atoms with Crippen LogP contribution in [0.3, 0.4) is 0 Å².